The van der Waals surface area contributed by atoms with Crippen LogP contribution in [0, 0.1) is 0 Å². The summed E-state index contributed by atoms with van der Waals surface area (Å²) in [4.78, 5) is 39.0. The molecular weight excluding hydrogens is 428 g/mol. The molecule has 2 unspecified atom stereocenters. The topological polar surface area (TPSA) is 84.9 Å². The monoisotopic (exact) mass is 454 g/mol. The molecule has 0 saturated carbocycles. The van der Waals surface area contributed by atoms with E-state index in [0.29, 0.717) is 35.3 Å². The molecule has 1 saturated heterocycles. The third-order valence-electron chi connectivity index (χ3n) is 4.40. The van der Waals surface area contributed by atoms with Crippen molar-refractivity contribution < 1.29 is 23.9 Å². The van der Waals surface area contributed by atoms with Crippen molar-refractivity contribution in [2.75, 3.05) is 13.1 Å². The van der Waals surface area contributed by atoms with E-state index in [0.717, 1.165) is 0 Å². The van der Waals surface area contributed by atoms with Crippen LogP contribution in [-0.4, -0.2) is 54.0 Å². The number of halogens is 1. The first kappa shape index (κ1) is 22.2. The van der Waals surface area contributed by atoms with E-state index in [1.54, 1.807) is 25.1 Å². The van der Waals surface area contributed by atoms with Crippen molar-refractivity contribution >= 4 is 33.7 Å². The molecule has 1 fully saturated rings. The molecule has 28 heavy (non-hydrogen) atoms. The average molecular weight is 455 g/mol. The van der Waals surface area contributed by atoms with Crippen LogP contribution in [0.3, 0.4) is 0 Å². The summed E-state index contributed by atoms with van der Waals surface area (Å²) in [5, 5.41) is 2.71. The highest BCUT2D eigenvalue weighted by Crippen LogP contribution is 2.28. The molecule has 0 radical (unpaired) electrons. The summed E-state index contributed by atoms with van der Waals surface area (Å²) in [7, 11) is 0. The van der Waals surface area contributed by atoms with Crippen molar-refractivity contribution in [3.05, 3.63) is 28.2 Å². The van der Waals surface area contributed by atoms with Crippen molar-refractivity contribution in [3.8, 4) is 5.75 Å². The van der Waals surface area contributed by atoms with Crippen molar-refractivity contribution in [1.82, 2.24) is 10.2 Å². The summed E-state index contributed by atoms with van der Waals surface area (Å²) >= 11 is 3.42. The predicted molar refractivity (Wildman–Crippen MR) is 108 cm³/mol. The Bertz CT molecular complexity index is 737. The Labute approximate surface area is 173 Å². The molecule has 2 amide bonds. The SMILES string of the molecule is CCC(C)OC(=O)CC1C(=O)NCCN1C(=O)c1ccc(OC(C)C)c(Br)c1. The fraction of sp³-hybridized carbons (Fsp3) is 0.550. The number of amides is 2. The van der Waals surface area contributed by atoms with E-state index in [4.69, 9.17) is 9.47 Å². The smallest absolute Gasteiger partial charge is 0.308 e. The Kier molecular flexibility index (Phi) is 7.86. The second-order valence-corrected chi connectivity index (χ2v) is 7.88. The fourth-order valence-electron chi connectivity index (χ4n) is 2.82. The largest absolute Gasteiger partial charge is 0.490 e. The Balaban J connectivity index is 2.17. The van der Waals surface area contributed by atoms with Gasteiger partial charge >= 0.3 is 5.97 Å². The molecule has 0 aromatic heterocycles. The lowest BCUT2D eigenvalue weighted by molar-refractivity contribution is -0.151. The van der Waals surface area contributed by atoms with E-state index < -0.39 is 12.0 Å². The summed E-state index contributed by atoms with van der Waals surface area (Å²) in [5.74, 6) is -0.514. The predicted octanol–water partition coefficient (Wildman–Crippen LogP) is 2.91. The zero-order chi connectivity index (χ0) is 20.8. The Morgan fingerprint density at radius 3 is 2.64 bits per heavy atom. The molecule has 0 bridgehead atoms. The van der Waals surface area contributed by atoms with Gasteiger partial charge in [-0.15, -0.1) is 0 Å². The van der Waals surface area contributed by atoms with Gasteiger partial charge in [-0.2, -0.15) is 0 Å². The summed E-state index contributed by atoms with van der Waals surface area (Å²) in [5.41, 5.74) is 0.415. The van der Waals surface area contributed by atoms with Gasteiger partial charge in [-0.1, -0.05) is 6.92 Å². The first-order valence-corrected chi connectivity index (χ1v) is 10.3. The van der Waals surface area contributed by atoms with Crippen LogP contribution in [0.2, 0.25) is 0 Å². The molecule has 1 aliphatic rings. The molecule has 1 aliphatic heterocycles. The van der Waals surface area contributed by atoms with Crippen molar-refractivity contribution in [2.45, 2.75) is 58.8 Å². The first-order chi connectivity index (χ1) is 13.2. The van der Waals surface area contributed by atoms with Gasteiger partial charge in [-0.05, 0) is 61.3 Å². The van der Waals surface area contributed by atoms with Crippen LogP contribution in [-0.2, 0) is 14.3 Å². The molecule has 1 aromatic carbocycles. The highest BCUT2D eigenvalue weighted by molar-refractivity contribution is 9.10. The summed E-state index contributed by atoms with van der Waals surface area (Å²) in [6.45, 7) is 8.21. The van der Waals surface area contributed by atoms with Crippen LogP contribution in [0.25, 0.3) is 0 Å². The van der Waals surface area contributed by atoms with Crippen LogP contribution < -0.4 is 10.1 Å². The Morgan fingerprint density at radius 2 is 2.04 bits per heavy atom. The van der Waals surface area contributed by atoms with Crippen LogP contribution in [0.1, 0.15) is 50.9 Å². The standard InChI is InChI=1S/C20H27BrN2O5/c1-5-13(4)28-18(24)11-16-19(25)22-8-9-23(16)20(26)14-6-7-17(15(21)10-14)27-12(2)3/h6-7,10,12-13,16H,5,8-9,11H2,1-4H3,(H,22,25). The number of nitrogens with one attached hydrogen (secondary N) is 1. The van der Waals surface area contributed by atoms with Gasteiger partial charge in [0.05, 0.1) is 23.1 Å². The lowest BCUT2D eigenvalue weighted by Gasteiger charge is -2.34. The fourth-order valence-corrected chi connectivity index (χ4v) is 3.30. The van der Waals surface area contributed by atoms with Gasteiger partial charge < -0.3 is 19.7 Å². The van der Waals surface area contributed by atoms with E-state index >= 15 is 0 Å². The molecule has 1 heterocycles. The zero-order valence-corrected chi connectivity index (χ0v) is 18.2. The van der Waals surface area contributed by atoms with Gasteiger partial charge in [0.2, 0.25) is 5.91 Å². The van der Waals surface area contributed by atoms with E-state index in [1.165, 1.54) is 4.90 Å². The van der Waals surface area contributed by atoms with E-state index in [-0.39, 0.29) is 30.4 Å². The van der Waals surface area contributed by atoms with Crippen molar-refractivity contribution in [3.63, 3.8) is 0 Å². The number of benzene rings is 1. The number of carbonyl (C=O) groups is 3. The lowest BCUT2D eigenvalue weighted by atomic mass is 10.1. The average Bonchev–Trinajstić information content (AvgIpc) is 2.64. The lowest BCUT2D eigenvalue weighted by Crippen LogP contribution is -2.57. The molecule has 1 aromatic rings. The summed E-state index contributed by atoms with van der Waals surface area (Å²) in [6, 6.07) is 4.16. The maximum atomic E-state index is 13.0. The van der Waals surface area contributed by atoms with Gasteiger partial charge in [-0.25, -0.2) is 0 Å². The van der Waals surface area contributed by atoms with Gasteiger partial charge in [0.15, 0.2) is 0 Å². The number of nitrogens with zero attached hydrogens (tertiary/aromatic N) is 1. The van der Waals surface area contributed by atoms with Gasteiger partial charge in [0.25, 0.3) is 5.91 Å². The Hall–Kier alpha value is -2.09. The number of carbonyl (C=O) groups excluding carboxylic acids is 3. The molecule has 1 N–H and O–H groups in total. The quantitative estimate of drug-likeness (QED) is 0.640. The third-order valence-corrected chi connectivity index (χ3v) is 5.02. The zero-order valence-electron chi connectivity index (χ0n) is 16.7. The number of rotatable bonds is 7. The molecule has 2 atom stereocenters. The molecule has 2 rings (SSSR count). The molecule has 0 spiro atoms. The second kappa shape index (κ2) is 9.91. The van der Waals surface area contributed by atoms with Crippen LogP contribution >= 0.6 is 15.9 Å². The number of piperazine rings is 1. The molecular formula is C20H27BrN2O5. The van der Waals surface area contributed by atoms with Crippen LogP contribution in [0.5, 0.6) is 5.75 Å². The van der Waals surface area contributed by atoms with Crippen molar-refractivity contribution in [1.29, 1.82) is 0 Å². The normalized spacial score (nSPS) is 17.9. The van der Waals surface area contributed by atoms with Gasteiger partial charge in [0.1, 0.15) is 11.8 Å². The maximum absolute atomic E-state index is 13.0. The molecule has 0 aliphatic carbocycles. The Morgan fingerprint density at radius 1 is 1.32 bits per heavy atom. The maximum Gasteiger partial charge on any atom is 0.308 e. The van der Waals surface area contributed by atoms with E-state index in [9.17, 15) is 14.4 Å². The number of esters is 1. The van der Waals surface area contributed by atoms with Crippen LogP contribution in [0.4, 0.5) is 0 Å². The number of hydrogen-bond acceptors (Lipinski definition) is 5. The van der Waals surface area contributed by atoms with Gasteiger partial charge in [-0.3, -0.25) is 14.4 Å². The highest BCUT2D eigenvalue weighted by Gasteiger charge is 2.36. The second-order valence-electron chi connectivity index (χ2n) is 7.03. The molecule has 7 nitrogen and oxygen atoms in total. The third kappa shape index (κ3) is 5.70. The summed E-state index contributed by atoms with van der Waals surface area (Å²) in [6.07, 6.45) is 0.291. The highest BCUT2D eigenvalue weighted by atomic mass is 79.9. The first-order valence-electron chi connectivity index (χ1n) is 9.47. The minimum absolute atomic E-state index is 0.00421. The number of ether oxygens (including phenoxy) is 2. The van der Waals surface area contributed by atoms with Crippen molar-refractivity contribution in [2.24, 2.45) is 0 Å². The molecule has 154 valence electrons. The molecule has 8 heteroatoms. The van der Waals surface area contributed by atoms with Gasteiger partial charge in [0, 0.05) is 18.7 Å². The minimum Gasteiger partial charge on any atom is -0.490 e. The van der Waals surface area contributed by atoms with E-state index in [1.807, 2.05) is 20.8 Å². The minimum atomic E-state index is -0.886. The summed E-state index contributed by atoms with van der Waals surface area (Å²) < 4.78 is 11.6. The van der Waals surface area contributed by atoms with E-state index in [2.05, 4.69) is 21.2 Å². The number of hydrogen-bond donors (Lipinski definition) is 1. The van der Waals surface area contributed by atoms with Crippen LogP contribution in [0.15, 0.2) is 22.7 Å².